The minimum Gasteiger partial charge on any atom is -0.497 e. The first-order chi connectivity index (χ1) is 22.9. The van der Waals surface area contributed by atoms with Crippen molar-refractivity contribution >= 4 is 41.0 Å². The summed E-state index contributed by atoms with van der Waals surface area (Å²) in [4.78, 5) is 33.2. The number of nitrogens with zero attached hydrogens (tertiary/aromatic N) is 4. The minimum absolute atomic E-state index is 0.117. The molecule has 1 aliphatic rings. The number of ether oxygens (including phenoxy) is 3. The highest BCUT2D eigenvalue weighted by Gasteiger charge is 2.38. The van der Waals surface area contributed by atoms with E-state index in [1.165, 1.54) is 16.7 Å². The van der Waals surface area contributed by atoms with Gasteiger partial charge in [0.05, 0.1) is 43.7 Å². The molecule has 3 heterocycles. The molecule has 0 bridgehead atoms. The van der Waals surface area contributed by atoms with Crippen LogP contribution in [0, 0.1) is 0 Å². The lowest BCUT2D eigenvalue weighted by atomic mass is 9.99. The van der Waals surface area contributed by atoms with Gasteiger partial charge in [-0.3, -0.25) is 19.5 Å². The van der Waals surface area contributed by atoms with Crippen LogP contribution in [0.1, 0.15) is 21.9 Å². The number of anilines is 1. The molecule has 12 heteroatoms. The standard InChI is InChI=1S/C35H32ClN5O5S/c1-44-27-13-11-26(12-14-27)41-35-32(33(39-41)23-6-9-25(36)10-7-23)34(24-8-15-28(45-2)29(17-24)46-3)47-21-31(43)40(35)20-30(42)38-19-22-5-4-16-37-18-22/h4-18,34H,19-21H2,1-3H3,(H,38,42). The normalized spacial score (nSPS) is 14.3. The quantitative estimate of drug-likeness (QED) is 0.190. The first-order valence-electron chi connectivity index (χ1n) is 14.7. The number of carbonyl (C=O) groups is 2. The average Bonchev–Trinajstić information content (AvgIpc) is 3.43. The molecule has 47 heavy (non-hydrogen) atoms. The van der Waals surface area contributed by atoms with E-state index < -0.39 is 0 Å². The Morgan fingerprint density at radius 3 is 2.43 bits per heavy atom. The molecule has 5 aromatic rings. The van der Waals surface area contributed by atoms with Crippen LogP contribution in [0.5, 0.6) is 17.2 Å². The molecule has 10 nitrogen and oxygen atoms in total. The first kappa shape index (κ1) is 32.0. The van der Waals surface area contributed by atoms with Gasteiger partial charge in [0, 0.05) is 35.1 Å². The molecule has 2 aromatic heterocycles. The number of hydrogen-bond donors (Lipinski definition) is 1. The van der Waals surface area contributed by atoms with Crippen LogP contribution in [0.25, 0.3) is 16.9 Å². The Labute approximate surface area is 281 Å². The van der Waals surface area contributed by atoms with Crippen molar-refractivity contribution in [1.82, 2.24) is 20.1 Å². The summed E-state index contributed by atoms with van der Waals surface area (Å²) in [5.41, 5.74) is 4.64. The Hall–Kier alpha value is -5.00. The zero-order chi connectivity index (χ0) is 32.9. The maximum absolute atomic E-state index is 14.1. The van der Waals surface area contributed by atoms with E-state index in [0.717, 1.165) is 22.3 Å². The third-order valence-electron chi connectivity index (χ3n) is 7.75. The Morgan fingerprint density at radius 2 is 1.74 bits per heavy atom. The molecule has 0 saturated carbocycles. The zero-order valence-corrected chi connectivity index (χ0v) is 27.5. The third-order valence-corrected chi connectivity index (χ3v) is 9.26. The van der Waals surface area contributed by atoms with Crippen LogP contribution in [0.15, 0.2) is 91.3 Å². The van der Waals surface area contributed by atoms with Gasteiger partial charge in [0.2, 0.25) is 11.8 Å². The van der Waals surface area contributed by atoms with Crippen LogP contribution < -0.4 is 24.4 Å². The van der Waals surface area contributed by atoms with Crippen LogP contribution in [0.3, 0.4) is 0 Å². The lowest BCUT2D eigenvalue weighted by molar-refractivity contribution is -0.123. The van der Waals surface area contributed by atoms with E-state index in [9.17, 15) is 9.59 Å². The summed E-state index contributed by atoms with van der Waals surface area (Å²) in [7, 11) is 4.77. The maximum Gasteiger partial charge on any atom is 0.240 e. The van der Waals surface area contributed by atoms with E-state index in [-0.39, 0.29) is 35.9 Å². The second-order valence-corrected chi connectivity index (χ2v) is 12.2. The number of fused-ring (bicyclic) bond motifs is 1. The van der Waals surface area contributed by atoms with Crippen LogP contribution in [0.2, 0.25) is 5.02 Å². The highest BCUT2D eigenvalue weighted by atomic mass is 35.5. The maximum atomic E-state index is 14.1. The van der Waals surface area contributed by atoms with E-state index in [2.05, 4.69) is 10.3 Å². The van der Waals surface area contributed by atoms with Crippen LogP contribution >= 0.6 is 23.4 Å². The zero-order valence-electron chi connectivity index (χ0n) is 26.0. The fraction of sp³-hybridized carbons (Fsp3) is 0.200. The predicted octanol–water partition coefficient (Wildman–Crippen LogP) is 6.10. The number of methoxy groups -OCH3 is 3. The van der Waals surface area contributed by atoms with E-state index in [0.29, 0.717) is 39.5 Å². The monoisotopic (exact) mass is 669 g/mol. The average molecular weight is 670 g/mol. The van der Waals surface area contributed by atoms with Gasteiger partial charge in [-0.25, -0.2) is 4.68 Å². The van der Waals surface area contributed by atoms with Crippen molar-refractivity contribution in [2.24, 2.45) is 0 Å². The second kappa shape index (κ2) is 14.2. The fourth-order valence-electron chi connectivity index (χ4n) is 5.43. The highest BCUT2D eigenvalue weighted by molar-refractivity contribution is 8.00. The number of aromatic nitrogens is 3. The molecular formula is C35H32ClN5O5S. The molecule has 240 valence electrons. The number of hydrogen-bond acceptors (Lipinski definition) is 8. The van der Waals surface area contributed by atoms with Gasteiger partial charge in [-0.05, 0) is 65.7 Å². The van der Waals surface area contributed by atoms with E-state index in [1.807, 2.05) is 66.7 Å². The van der Waals surface area contributed by atoms with Crippen molar-refractivity contribution in [3.63, 3.8) is 0 Å². The Kier molecular flexibility index (Phi) is 9.65. The fourth-order valence-corrected chi connectivity index (χ4v) is 6.74. The van der Waals surface area contributed by atoms with Crippen molar-refractivity contribution in [3.05, 3.63) is 113 Å². The number of benzene rings is 3. The molecule has 2 amide bonds. The lowest BCUT2D eigenvalue weighted by Gasteiger charge is -2.23. The van der Waals surface area contributed by atoms with Crippen molar-refractivity contribution in [2.45, 2.75) is 11.8 Å². The Bertz CT molecular complexity index is 1880. The van der Waals surface area contributed by atoms with Crippen molar-refractivity contribution in [3.8, 4) is 34.2 Å². The van der Waals surface area contributed by atoms with Crippen LogP contribution in [-0.2, 0) is 16.1 Å². The summed E-state index contributed by atoms with van der Waals surface area (Å²) >= 11 is 7.75. The summed E-state index contributed by atoms with van der Waals surface area (Å²) in [5.74, 6) is 1.88. The highest BCUT2D eigenvalue weighted by Crippen LogP contribution is 2.49. The van der Waals surface area contributed by atoms with Gasteiger partial charge >= 0.3 is 0 Å². The molecule has 6 rings (SSSR count). The number of halogens is 1. The molecule has 0 fully saturated rings. The molecule has 1 unspecified atom stereocenters. The number of nitrogens with one attached hydrogen (secondary N) is 1. The number of amides is 2. The van der Waals surface area contributed by atoms with Gasteiger partial charge in [0.15, 0.2) is 11.5 Å². The molecule has 0 saturated heterocycles. The molecule has 0 aliphatic carbocycles. The third kappa shape index (κ3) is 6.77. The van der Waals surface area contributed by atoms with Crippen molar-refractivity contribution < 1.29 is 23.8 Å². The van der Waals surface area contributed by atoms with Gasteiger partial charge < -0.3 is 19.5 Å². The predicted molar refractivity (Wildman–Crippen MR) is 183 cm³/mol. The van der Waals surface area contributed by atoms with E-state index >= 15 is 0 Å². The minimum atomic E-state index is -0.366. The van der Waals surface area contributed by atoms with Crippen LogP contribution in [-0.4, -0.2) is 60.2 Å². The molecule has 1 N–H and O–H groups in total. The van der Waals surface area contributed by atoms with Gasteiger partial charge in [0.25, 0.3) is 0 Å². The number of carbonyl (C=O) groups excluding carboxylic acids is 2. The number of thioether (sulfide) groups is 1. The van der Waals surface area contributed by atoms with Crippen molar-refractivity contribution in [2.75, 3.05) is 38.5 Å². The van der Waals surface area contributed by atoms with Gasteiger partial charge in [-0.2, -0.15) is 5.10 Å². The summed E-state index contributed by atoms with van der Waals surface area (Å²) in [6, 6.07) is 24.2. The first-order valence-corrected chi connectivity index (χ1v) is 16.2. The largest absolute Gasteiger partial charge is 0.497 e. The Balaban J connectivity index is 1.54. The molecule has 0 radical (unpaired) electrons. The lowest BCUT2D eigenvalue weighted by Crippen LogP contribution is -2.42. The van der Waals surface area contributed by atoms with Crippen LogP contribution in [0.4, 0.5) is 5.82 Å². The molecule has 1 atom stereocenters. The molecule has 1 aliphatic heterocycles. The van der Waals surface area contributed by atoms with Gasteiger partial charge in [-0.1, -0.05) is 35.9 Å². The summed E-state index contributed by atoms with van der Waals surface area (Å²) in [5, 5.41) is 8.28. The number of pyridine rings is 1. The van der Waals surface area contributed by atoms with E-state index in [4.69, 9.17) is 30.9 Å². The Morgan fingerprint density at radius 1 is 0.979 bits per heavy atom. The smallest absolute Gasteiger partial charge is 0.240 e. The van der Waals surface area contributed by atoms with E-state index in [1.54, 1.807) is 50.5 Å². The van der Waals surface area contributed by atoms with Gasteiger partial charge in [0.1, 0.15) is 18.1 Å². The summed E-state index contributed by atoms with van der Waals surface area (Å²) in [6.07, 6.45) is 3.37. The molecule has 3 aromatic carbocycles. The SMILES string of the molecule is COc1ccc(-n2nc(-c3ccc(Cl)cc3)c3c2N(CC(=O)NCc2cccnc2)C(=O)CSC3c2ccc(OC)c(OC)c2)cc1. The van der Waals surface area contributed by atoms with Gasteiger partial charge in [-0.15, -0.1) is 11.8 Å². The summed E-state index contributed by atoms with van der Waals surface area (Å²) in [6.45, 7) is 0.0611. The summed E-state index contributed by atoms with van der Waals surface area (Å²) < 4.78 is 18.3. The topological polar surface area (TPSA) is 108 Å². The number of rotatable bonds is 10. The molecule has 0 spiro atoms. The van der Waals surface area contributed by atoms with Crippen molar-refractivity contribution in [1.29, 1.82) is 0 Å². The molecular weight excluding hydrogens is 638 g/mol. The second-order valence-electron chi connectivity index (χ2n) is 10.6.